The molecule has 1 aromatic rings. The predicted octanol–water partition coefficient (Wildman–Crippen LogP) is 2.66. The van der Waals surface area contributed by atoms with Crippen molar-refractivity contribution in [2.45, 2.75) is 59.0 Å². The number of rotatable bonds is 2. The van der Waals surface area contributed by atoms with E-state index in [4.69, 9.17) is 5.10 Å². The van der Waals surface area contributed by atoms with Gasteiger partial charge in [0, 0.05) is 17.7 Å². The van der Waals surface area contributed by atoms with Crippen molar-refractivity contribution in [3.05, 3.63) is 17.5 Å². The number of hydrogen-bond donors (Lipinski definition) is 1. The monoisotopic (exact) mass is 223 g/mol. The highest BCUT2D eigenvalue weighted by Gasteiger charge is 2.26. The molecular formula is C13H25N3. The summed E-state index contributed by atoms with van der Waals surface area (Å²) in [6.45, 7) is 14.1. The third-order valence-corrected chi connectivity index (χ3v) is 2.52. The summed E-state index contributed by atoms with van der Waals surface area (Å²) in [5, 5.41) is 7.84. The van der Waals surface area contributed by atoms with Crippen molar-refractivity contribution in [1.82, 2.24) is 15.1 Å². The van der Waals surface area contributed by atoms with Crippen LogP contribution in [0.25, 0.3) is 0 Å². The quantitative estimate of drug-likeness (QED) is 0.835. The van der Waals surface area contributed by atoms with E-state index in [1.165, 1.54) is 5.69 Å². The van der Waals surface area contributed by atoms with E-state index in [2.05, 4.69) is 57.6 Å². The SMILES string of the molecule is CNCc1cc(C(C)(C)C)n(C(C)(C)C)n1. The molecule has 0 aliphatic rings. The number of nitrogens with zero attached hydrogens (tertiary/aromatic N) is 2. The van der Waals surface area contributed by atoms with Gasteiger partial charge in [0.05, 0.1) is 11.2 Å². The van der Waals surface area contributed by atoms with Crippen molar-refractivity contribution in [2.24, 2.45) is 0 Å². The van der Waals surface area contributed by atoms with E-state index in [1.54, 1.807) is 0 Å². The van der Waals surface area contributed by atoms with Crippen LogP contribution >= 0.6 is 0 Å². The minimum atomic E-state index is 0.0363. The van der Waals surface area contributed by atoms with Crippen LogP contribution in [0.1, 0.15) is 52.9 Å². The zero-order valence-electron chi connectivity index (χ0n) is 11.7. The molecule has 1 rings (SSSR count). The summed E-state index contributed by atoms with van der Waals surface area (Å²) in [5.41, 5.74) is 2.58. The highest BCUT2D eigenvalue weighted by molar-refractivity contribution is 5.19. The van der Waals surface area contributed by atoms with E-state index in [0.717, 1.165) is 12.2 Å². The number of aromatic nitrogens is 2. The first-order valence-electron chi connectivity index (χ1n) is 5.91. The molecule has 0 aromatic carbocycles. The van der Waals surface area contributed by atoms with Crippen LogP contribution in [0.4, 0.5) is 0 Å². The molecule has 0 saturated carbocycles. The maximum atomic E-state index is 4.69. The molecule has 1 N–H and O–H groups in total. The van der Waals surface area contributed by atoms with Crippen LogP contribution in [0.5, 0.6) is 0 Å². The molecule has 0 unspecified atom stereocenters. The van der Waals surface area contributed by atoms with Gasteiger partial charge < -0.3 is 5.32 Å². The van der Waals surface area contributed by atoms with Gasteiger partial charge >= 0.3 is 0 Å². The molecule has 1 heterocycles. The largest absolute Gasteiger partial charge is 0.314 e. The standard InChI is InChI=1S/C13H25N3/c1-12(2,3)11-8-10(9-14-7)15-16(11)13(4,5)6/h8,14H,9H2,1-7H3. The zero-order valence-corrected chi connectivity index (χ0v) is 11.7. The third kappa shape index (κ3) is 2.85. The van der Waals surface area contributed by atoms with Gasteiger partial charge in [0.2, 0.25) is 0 Å². The Kier molecular flexibility index (Phi) is 3.48. The van der Waals surface area contributed by atoms with E-state index in [-0.39, 0.29) is 11.0 Å². The van der Waals surface area contributed by atoms with Gasteiger partial charge in [0.1, 0.15) is 0 Å². The van der Waals surface area contributed by atoms with Crippen molar-refractivity contribution in [2.75, 3.05) is 7.05 Å². The molecule has 0 saturated heterocycles. The van der Waals surface area contributed by atoms with Crippen LogP contribution in [0.2, 0.25) is 0 Å². The van der Waals surface area contributed by atoms with Gasteiger partial charge in [0.25, 0.3) is 0 Å². The van der Waals surface area contributed by atoms with Gasteiger partial charge in [-0.3, -0.25) is 4.68 Å². The summed E-state index contributed by atoms with van der Waals surface area (Å²) in [4.78, 5) is 0. The van der Waals surface area contributed by atoms with E-state index in [0.29, 0.717) is 0 Å². The van der Waals surface area contributed by atoms with E-state index in [1.807, 2.05) is 7.05 Å². The molecular weight excluding hydrogens is 198 g/mol. The maximum Gasteiger partial charge on any atom is 0.0765 e. The normalized spacial score (nSPS) is 13.2. The molecule has 0 amide bonds. The van der Waals surface area contributed by atoms with Crippen molar-refractivity contribution in [3.8, 4) is 0 Å². The molecule has 0 aliphatic carbocycles. The molecule has 0 spiro atoms. The Bertz CT molecular complexity index is 319. The Labute approximate surface area is 99.2 Å². The van der Waals surface area contributed by atoms with Gasteiger partial charge in [-0.05, 0) is 33.9 Å². The first kappa shape index (κ1) is 13.2. The van der Waals surface area contributed by atoms with Gasteiger partial charge in [-0.15, -0.1) is 0 Å². The van der Waals surface area contributed by atoms with Gasteiger partial charge in [-0.2, -0.15) is 5.10 Å². The molecule has 0 radical (unpaired) electrons. The van der Waals surface area contributed by atoms with Crippen LogP contribution in [-0.4, -0.2) is 16.8 Å². The summed E-state index contributed by atoms with van der Waals surface area (Å²) < 4.78 is 2.15. The molecule has 92 valence electrons. The van der Waals surface area contributed by atoms with Crippen LogP contribution in [0.15, 0.2) is 6.07 Å². The molecule has 3 heteroatoms. The maximum absolute atomic E-state index is 4.69. The van der Waals surface area contributed by atoms with E-state index in [9.17, 15) is 0 Å². The second kappa shape index (κ2) is 4.21. The average molecular weight is 223 g/mol. The molecule has 0 atom stereocenters. The Morgan fingerprint density at radius 2 is 1.75 bits per heavy atom. The predicted molar refractivity (Wildman–Crippen MR) is 68.7 cm³/mol. The summed E-state index contributed by atoms with van der Waals surface area (Å²) in [6.07, 6.45) is 0. The molecule has 3 nitrogen and oxygen atoms in total. The minimum Gasteiger partial charge on any atom is -0.314 e. The first-order chi connectivity index (χ1) is 7.16. The van der Waals surface area contributed by atoms with Crippen molar-refractivity contribution < 1.29 is 0 Å². The lowest BCUT2D eigenvalue weighted by atomic mass is 9.90. The Balaban J connectivity index is 3.24. The van der Waals surface area contributed by atoms with Gasteiger partial charge in [-0.25, -0.2) is 0 Å². The fourth-order valence-electron chi connectivity index (χ4n) is 1.74. The second-order valence-electron chi connectivity index (χ2n) is 6.38. The Morgan fingerprint density at radius 1 is 1.19 bits per heavy atom. The number of hydrogen-bond acceptors (Lipinski definition) is 2. The average Bonchev–Trinajstić information content (AvgIpc) is 2.47. The fourth-order valence-corrected chi connectivity index (χ4v) is 1.74. The van der Waals surface area contributed by atoms with Crippen LogP contribution in [0, 0.1) is 0 Å². The number of nitrogens with one attached hydrogen (secondary N) is 1. The van der Waals surface area contributed by atoms with Crippen molar-refractivity contribution >= 4 is 0 Å². The fraction of sp³-hybridized carbons (Fsp3) is 0.769. The second-order valence-corrected chi connectivity index (χ2v) is 6.38. The third-order valence-electron chi connectivity index (χ3n) is 2.52. The first-order valence-corrected chi connectivity index (χ1v) is 5.91. The smallest absolute Gasteiger partial charge is 0.0765 e. The molecule has 0 fully saturated rings. The van der Waals surface area contributed by atoms with Crippen molar-refractivity contribution in [3.63, 3.8) is 0 Å². The Morgan fingerprint density at radius 3 is 2.06 bits per heavy atom. The molecule has 1 aromatic heterocycles. The van der Waals surface area contributed by atoms with E-state index < -0.39 is 0 Å². The van der Waals surface area contributed by atoms with Crippen LogP contribution < -0.4 is 5.32 Å². The molecule has 16 heavy (non-hydrogen) atoms. The summed E-state index contributed by atoms with van der Waals surface area (Å²) in [6, 6.07) is 2.21. The summed E-state index contributed by atoms with van der Waals surface area (Å²) in [5.74, 6) is 0. The van der Waals surface area contributed by atoms with Crippen LogP contribution in [0.3, 0.4) is 0 Å². The minimum absolute atomic E-state index is 0.0363. The van der Waals surface area contributed by atoms with Gasteiger partial charge in [-0.1, -0.05) is 20.8 Å². The lowest BCUT2D eigenvalue weighted by Crippen LogP contribution is -2.30. The highest BCUT2D eigenvalue weighted by atomic mass is 15.3. The van der Waals surface area contributed by atoms with Gasteiger partial charge in [0.15, 0.2) is 0 Å². The molecule has 0 bridgehead atoms. The van der Waals surface area contributed by atoms with Crippen molar-refractivity contribution in [1.29, 1.82) is 0 Å². The van der Waals surface area contributed by atoms with E-state index >= 15 is 0 Å². The summed E-state index contributed by atoms with van der Waals surface area (Å²) >= 11 is 0. The lowest BCUT2D eigenvalue weighted by Gasteiger charge is -2.28. The summed E-state index contributed by atoms with van der Waals surface area (Å²) in [7, 11) is 1.95. The Hall–Kier alpha value is -0.830. The zero-order chi connectivity index (χ0) is 12.6. The van der Waals surface area contributed by atoms with Crippen LogP contribution in [-0.2, 0) is 17.5 Å². The molecule has 0 aliphatic heterocycles. The highest BCUT2D eigenvalue weighted by Crippen LogP contribution is 2.27. The lowest BCUT2D eigenvalue weighted by molar-refractivity contribution is 0.320. The topological polar surface area (TPSA) is 29.9 Å².